The van der Waals surface area contributed by atoms with E-state index in [0.717, 1.165) is 12.2 Å². The molecule has 0 heterocycles. The Bertz CT molecular complexity index is 617. The summed E-state index contributed by atoms with van der Waals surface area (Å²) in [7, 11) is 3.07. The minimum absolute atomic E-state index is 0.193. The lowest BCUT2D eigenvalue weighted by molar-refractivity contribution is 0.0597. The molecule has 3 rings (SSSR count). The number of carbonyl (C=O) groups is 1. The third-order valence-corrected chi connectivity index (χ3v) is 6.12. The van der Waals surface area contributed by atoms with E-state index in [0.29, 0.717) is 16.9 Å². The van der Waals surface area contributed by atoms with Crippen molar-refractivity contribution in [2.45, 2.75) is 51.9 Å². The molecule has 0 amide bonds. The van der Waals surface area contributed by atoms with Crippen LogP contribution in [0, 0.1) is 11.3 Å². The van der Waals surface area contributed by atoms with Crippen LogP contribution in [0.15, 0.2) is 12.1 Å². The van der Waals surface area contributed by atoms with Crippen LogP contribution in [0.3, 0.4) is 0 Å². The minimum Gasteiger partial charge on any atom is -0.496 e. The highest BCUT2D eigenvalue weighted by atomic mass is 16.5. The highest BCUT2D eigenvalue weighted by Gasteiger charge is 2.52. The van der Waals surface area contributed by atoms with Crippen LogP contribution < -0.4 is 4.74 Å². The molecule has 1 aromatic rings. The van der Waals surface area contributed by atoms with Gasteiger partial charge in [-0.25, -0.2) is 4.79 Å². The zero-order valence-electron chi connectivity index (χ0n) is 14.3. The van der Waals surface area contributed by atoms with Crippen LogP contribution in [0.4, 0.5) is 0 Å². The van der Waals surface area contributed by atoms with Gasteiger partial charge in [0.2, 0.25) is 0 Å². The number of benzene rings is 1. The molecule has 2 aliphatic carbocycles. The minimum atomic E-state index is -0.320. The number of fused-ring (bicyclic) bond motifs is 3. The summed E-state index contributed by atoms with van der Waals surface area (Å²) in [6.07, 6.45) is 4.75. The third kappa shape index (κ3) is 1.98. The Morgan fingerprint density at radius 2 is 1.91 bits per heavy atom. The normalized spacial score (nSPS) is 28.7. The fourth-order valence-corrected chi connectivity index (χ4v) is 5.02. The Kier molecular flexibility index (Phi) is 3.50. The Morgan fingerprint density at radius 3 is 2.55 bits per heavy atom. The van der Waals surface area contributed by atoms with Crippen LogP contribution in [0.1, 0.15) is 61.5 Å². The maximum atomic E-state index is 12.0. The molecule has 0 bridgehead atoms. The van der Waals surface area contributed by atoms with Gasteiger partial charge in [-0.15, -0.1) is 0 Å². The maximum Gasteiger partial charge on any atom is 0.341 e. The molecule has 22 heavy (non-hydrogen) atoms. The van der Waals surface area contributed by atoms with Crippen LogP contribution in [0.25, 0.3) is 0 Å². The molecule has 0 aliphatic heterocycles. The predicted molar refractivity (Wildman–Crippen MR) is 86.5 cm³/mol. The summed E-state index contributed by atoms with van der Waals surface area (Å²) < 4.78 is 10.5. The van der Waals surface area contributed by atoms with E-state index in [2.05, 4.69) is 26.8 Å². The molecule has 0 unspecified atom stereocenters. The molecule has 3 heteroatoms. The van der Waals surface area contributed by atoms with E-state index in [1.807, 2.05) is 6.07 Å². The first-order chi connectivity index (χ1) is 10.3. The van der Waals surface area contributed by atoms with Gasteiger partial charge in [-0.1, -0.05) is 33.3 Å². The number of carbonyl (C=O) groups excluding carboxylic acids is 1. The van der Waals surface area contributed by atoms with E-state index >= 15 is 0 Å². The lowest BCUT2D eigenvalue weighted by atomic mass is 9.57. The van der Waals surface area contributed by atoms with Gasteiger partial charge in [-0.3, -0.25) is 0 Å². The average molecular weight is 302 g/mol. The molecule has 3 nitrogen and oxygen atoms in total. The van der Waals surface area contributed by atoms with Crippen LogP contribution in [0.2, 0.25) is 0 Å². The zero-order valence-corrected chi connectivity index (χ0v) is 14.3. The van der Waals surface area contributed by atoms with Crippen molar-refractivity contribution < 1.29 is 14.3 Å². The van der Waals surface area contributed by atoms with E-state index in [1.165, 1.54) is 37.5 Å². The van der Waals surface area contributed by atoms with E-state index in [9.17, 15) is 4.79 Å². The Balaban J connectivity index is 2.16. The molecule has 120 valence electrons. The summed E-state index contributed by atoms with van der Waals surface area (Å²) in [5.74, 6) is 1.00. The van der Waals surface area contributed by atoms with Gasteiger partial charge in [-0.05, 0) is 53.2 Å². The monoisotopic (exact) mass is 302 g/mol. The molecule has 1 saturated carbocycles. The molecule has 2 atom stereocenters. The summed E-state index contributed by atoms with van der Waals surface area (Å²) >= 11 is 0. The predicted octanol–water partition coefficient (Wildman–Crippen LogP) is 4.12. The highest BCUT2D eigenvalue weighted by molar-refractivity contribution is 5.93. The summed E-state index contributed by atoms with van der Waals surface area (Å²) in [5.41, 5.74) is 3.65. The topological polar surface area (TPSA) is 35.5 Å². The van der Waals surface area contributed by atoms with Crippen molar-refractivity contribution in [1.29, 1.82) is 0 Å². The molecule has 0 aromatic heterocycles. The second-order valence-corrected chi connectivity index (χ2v) is 7.68. The maximum absolute atomic E-state index is 12.0. The number of methoxy groups -OCH3 is 2. The molecular weight excluding hydrogens is 276 g/mol. The molecule has 1 fully saturated rings. The SMILES string of the molecule is COC(=O)c1ccc2c(c1OC)C[C@H]1C(C)(C)CCC[C@]21C. The fourth-order valence-electron chi connectivity index (χ4n) is 5.02. The van der Waals surface area contributed by atoms with Gasteiger partial charge >= 0.3 is 5.97 Å². The molecule has 0 radical (unpaired) electrons. The smallest absolute Gasteiger partial charge is 0.341 e. The summed E-state index contributed by atoms with van der Waals surface area (Å²) in [6, 6.07) is 4.00. The Labute approximate surface area is 133 Å². The van der Waals surface area contributed by atoms with Crippen LogP contribution in [-0.4, -0.2) is 20.2 Å². The lowest BCUT2D eigenvalue weighted by Gasteiger charge is -2.47. The van der Waals surface area contributed by atoms with Crippen molar-refractivity contribution in [3.05, 3.63) is 28.8 Å². The first kappa shape index (κ1) is 15.4. The lowest BCUT2D eigenvalue weighted by Crippen LogP contribution is -2.42. The van der Waals surface area contributed by atoms with Crippen molar-refractivity contribution >= 4 is 5.97 Å². The van der Waals surface area contributed by atoms with Crippen LogP contribution >= 0.6 is 0 Å². The van der Waals surface area contributed by atoms with Crippen molar-refractivity contribution in [3.63, 3.8) is 0 Å². The number of hydrogen-bond donors (Lipinski definition) is 0. The molecule has 0 saturated heterocycles. The highest BCUT2D eigenvalue weighted by Crippen LogP contribution is 2.59. The number of ether oxygens (including phenoxy) is 2. The fraction of sp³-hybridized carbons (Fsp3) is 0.632. The second kappa shape index (κ2) is 5.00. The first-order valence-corrected chi connectivity index (χ1v) is 8.14. The standard InChI is InChI=1S/C19H26O3/c1-18(2)9-6-10-19(3)14-8-7-12(17(20)22-5)16(21-4)13(14)11-15(18)19/h7-8,15H,6,9-11H2,1-5H3/t15-,19+/m0/s1. The van der Waals surface area contributed by atoms with Crippen LogP contribution in [0.5, 0.6) is 5.75 Å². The van der Waals surface area contributed by atoms with Gasteiger partial charge in [0, 0.05) is 0 Å². The second-order valence-electron chi connectivity index (χ2n) is 7.68. The van der Waals surface area contributed by atoms with Crippen molar-refractivity contribution in [3.8, 4) is 5.75 Å². The largest absolute Gasteiger partial charge is 0.496 e. The Morgan fingerprint density at radius 1 is 1.18 bits per heavy atom. The number of esters is 1. The van der Waals surface area contributed by atoms with E-state index in [4.69, 9.17) is 9.47 Å². The summed E-state index contributed by atoms with van der Waals surface area (Å²) in [5, 5.41) is 0. The summed E-state index contributed by atoms with van der Waals surface area (Å²) in [6.45, 7) is 7.16. The zero-order chi connectivity index (χ0) is 16.1. The number of rotatable bonds is 2. The van der Waals surface area contributed by atoms with Gasteiger partial charge in [-0.2, -0.15) is 0 Å². The van der Waals surface area contributed by atoms with E-state index in [-0.39, 0.29) is 11.4 Å². The van der Waals surface area contributed by atoms with Gasteiger partial charge in [0.25, 0.3) is 0 Å². The molecule has 0 N–H and O–H groups in total. The van der Waals surface area contributed by atoms with Crippen LogP contribution in [-0.2, 0) is 16.6 Å². The van der Waals surface area contributed by atoms with E-state index in [1.54, 1.807) is 7.11 Å². The van der Waals surface area contributed by atoms with Gasteiger partial charge in [0.05, 0.1) is 14.2 Å². The Hall–Kier alpha value is -1.51. The number of hydrogen-bond acceptors (Lipinski definition) is 3. The molecule has 1 aromatic carbocycles. The van der Waals surface area contributed by atoms with Crippen molar-refractivity contribution in [2.24, 2.45) is 11.3 Å². The van der Waals surface area contributed by atoms with E-state index < -0.39 is 0 Å². The first-order valence-electron chi connectivity index (χ1n) is 8.14. The van der Waals surface area contributed by atoms with Crippen molar-refractivity contribution in [2.75, 3.05) is 14.2 Å². The van der Waals surface area contributed by atoms with Crippen molar-refractivity contribution in [1.82, 2.24) is 0 Å². The molecule has 0 spiro atoms. The molecular formula is C19H26O3. The quantitative estimate of drug-likeness (QED) is 0.771. The molecule has 2 aliphatic rings. The van der Waals surface area contributed by atoms with Gasteiger partial charge < -0.3 is 9.47 Å². The van der Waals surface area contributed by atoms with Gasteiger partial charge in [0.15, 0.2) is 0 Å². The third-order valence-electron chi connectivity index (χ3n) is 6.12. The summed E-state index contributed by atoms with van der Waals surface area (Å²) in [4.78, 5) is 12.0. The average Bonchev–Trinajstić information content (AvgIpc) is 2.80. The van der Waals surface area contributed by atoms with Gasteiger partial charge in [0.1, 0.15) is 11.3 Å².